The summed E-state index contributed by atoms with van der Waals surface area (Å²) in [4.78, 5) is 16.3. The minimum absolute atomic E-state index is 0.0187. The van der Waals surface area contributed by atoms with Gasteiger partial charge < -0.3 is 14.8 Å². The molecule has 5 heteroatoms. The van der Waals surface area contributed by atoms with Gasteiger partial charge in [0.2, 0.25) is 11.8 Å². The van der Waals surface area contributed by atoms with Crippen LogP contribution in [0.2, 0.25) is 0 Å². The second-order valence-electron chi connectivity index (χ2n) is 7.00. The van der Waals surface area contributed by atoms with E-state index in [1.165, 1.54) is 5.56 Å². The Morgan fingerprint density at radius 1 is 0.867 bits per heavy atom. The van der Waals surface area contributed by atoms with Crippen molar-refractivity contribution in [2.75, 3.05) is 13.2 Å². The van der Waals surface area contributed by atoms with Crippen LogP contribution in [0.5, 0.6) is 5.88 Å². The van der Waals surface area contributed by atoms with Crippen molar-refractivity contribution in [2.45, 2.75) is 32.4 Å². The first-order chi connectivity index (χ1) is 14.8. The van der Waals surface area contributed by atoms with Crippen LogP contribution in [0.4, 0.5) is 0 Å². The van der Waals surface area contributed by atoms with Crippen LogP contribution >= 0.6 is 0 Å². The average molecular weight is 405 g/mol. The fourth-order valence-corrected chi connectivity index (χ4v) is 2.93. The number of hydrogen-bond donors (Lipinski definition) is 1. The number of carbonyl (C=O) groups excluding carboxylic acids is 1. The van der Waals surface area contributed by atoms with E-state index in [1.54, 1.807) is 6.20 Å². The number of ether oxygens (including phenoxy) is 2. The summed E-state index contributed by atoms with van der Waals surface area (Å²) in [5, 5.41) is 2.94. The number of hydrogen-bond acceptors (Lipinski definition) is 4. The summed E-state index contributed by atoms with van der Waals surface area (Å²) in [5.41, 5.74) is 3.31. The molecular weight excluding hydrogens is 376 g/mol. The lowest BCUT2D eigenvalue weighted by Crippen LogP contribution is -2.22. The Balaban J connectivity index is 1.29. The molecule has 0 saturated heterocycles. The molecule has 0 atom stereocenters. The summed E-state index contributed by atoms with van der Waals surface area (Å²) < 4.78 is 11.4. The molecule has 0 spiro atoms. The molecule has 5 nitrogen and oxygen atoms in total. The van der Waals surface area contributed by atoms with Crippen LogP contribution in [0, 0.1) is 0 Å². The van der Waals surface area contributed by atoms with Crippen molar-refractivity contribution in [1.82, 2.24) is 10.3 Å². The van der Waals surface area contributed by atoms with Crippen molar-refractivity contribution in [1.29, 1.82) is 0 Å². The zero-order valence-corrected chi connectivity index (χ0v) is 17.1. The molecule has 0 unspecified atom stereocenters. The fraction of sp³-hybridized carbons (Fsp3) is 0.280. The lowest BCUT2D eigenvalue weighted by Gasteiger charge is -2.09. The van der Waals surface area contributed by atoms with Gasteiger partial charge in [-0.25, -0.2) is 4.98 Å². The maximum Gasteiger partial charge on any atom is 0.220 e. The molecule has 0 radical (unpaired) electrons. The van der Waals surface area contributed by atoms with Gasteiger partial charge in [-0.15, -0.1) is 0 Å². The van der Waals surface area contributed by atoms with Crippen molar-refractivity contribution in [3.8, 4) is 5.88 Å². The lowest BCUT2D eigenvalue weighted by molar-refractivity contribution is -0.121. The number of amides is 1. The summed E-state index contributed by atoms with van der Waals surface area (Å²) in [7, 11) is 0. The van der Waals surface area contributed by atoms with Gasteiger partial charge in [-0.05, 0) is 35.6 Å². The van der Waals surface area contributed by atoms with Gasteiger partial charge in [-0.3, -0.25) is 4.79 Å². The topological polar surface area (TPSA) is 60.5 Å². The molecule has 156 valence electrons. The van der Waals surface area contributed by atoms with Crippen molar-refractivity contribution >= 4 is 5.91 Å². The van der Waals surface area contributed by atoms with E-state index in [0.29, 0.717) is 45.1 Å². The van der Waals surface area contributed by atoms with Crippen LogP contribution in [-0.2, 0) is 29.1 Å². The Morgan fingerprint density at radius 2 is 1.60 bits per heavy atom. The lowest BCUT2D eigenvalue weighted by atomic mass is 10.2. The van der Waals surface area contributed by atoms with Gasteiger partial charge in [0, 0.05) is 31.8 Å². The largest absolute Gasteiger partial charge is 0.473 e. The fourth-order valence-electron chi connectivity index (χ4n) is 2.93. The molecule has 3 rings (SSSR count). The molecule has 1 amide bonds. The van der Waals surface area contributed by atoms with Gasteiger partial charge in [0.1, 0.15) is 6.61 Å². The van der Waals surface area contributed by atoms with Gasteiger partial charge in [0.25, 0.3) is 0 Å². The molecule has 2 aromatic carbocycles. The quantitative estimate of drug-likeness (QED) is 0.457. The van der Waals surface area contributed by atoms with Crippen molar-refractivity contribution in [3.63, 3.8) is 0 Å². The van der Waals surface area contributed by atoms with Crippen LogP contribution in [-0.4, -0.2) is 24.1 Å². The van der Waals surface area contributed by atoms with Gasteiger partial charge >= 0.3 is 0 Å². The number of rotatable bonds is 12. The van der Waals surface area contributed by atoms with Crippen LogP contribution in [0.1, 0.15) is 29.5 Å². The van der Waals surface area contributed by atoms with E-state index < -0.39 is 0 Å². The van der Waals surface area contributed by atoms with Crippen LogP contribution < -0.4 is 10.1 Å². The summed E-state index contributed by atoms with van der Waals surface area (Å²) in [6, 6.07) is 23.9. The third kappa shape index (κ3) is 8.05. The van der Waals surface area contributed by atoms with Crippen molar-refractivity contribution in [2.24, 2.45) is 0 Å². The highest BCUT2D eigenvalue weighted by Gasteiger charge is 2.04. The molecule has 1 aromatic heterocycles. The molecule has 0 fully saturated rings. The number of benzene rings is 2. The molecule has 0 bridgehead atoms. The number of pyridine rings is 1. The van der Waals surface area contributed by atoms with E-state index in [0.717, 1.165) is 17.5 Å². The van der Waals surface area contributed by atoms with Gasteiger partial charge in [-0.2, -0.15) is 0 Å². The highest BCUT2D eigenvalue weighted by molar-refractivity contribution is 5.75. The molecule has 0 aliphatic heterocycles. The van der Waals surface area contributed by atoms with Gasteiger partial charge in [0.15, 0.2) is 0 Å². The molecule has 0 saturated carbocycles. The first-order valence-electron chi connectivity index (χ1n) is 10.3. The Hall–Kier alpha value is -3.18. The maximum atomic E-state index is 12.1. The van der Waals surface area contributed by atoms with Crippen molar-refractivity contribution < 1.29 is 14.3 Å². The number of nitrogens with one attached hydrogen (secondary N) is 1. The molecule has 3 aromatic rings. The van der Waals surface area contributed by atoms with Gasteiger partial charge in [0.05, 0.1) is 6.61 Å². The molecule has 0 aliphatic rings. The normalized spacial score (nSPS) is 10.5. The van der Waals surface area contributed by atoms with E-state index >= 15 is 0 Å². The van der Waals surface area contributed by atoms with E-state index in [1.807, 2.05) is 60.7 Å². The zero-order chi connectivity index (χ0) is 20.9. The summed E-state index contributed by atoms with van der Waals surface area (Å²) in [6.45, 7) is 2.19. The molecule has 1 heterocycles. The summed E-state index contributed by atoms with van der Waals surface area (Å²) >= 11 is 0. The minimum Gasteiger partial charge on any atom is -0.473 e. The van der Waals surface area contributed by atoms with Gasteiger partial charge in [-0.1, -0.05) is 60.7 Å². The molecule has 0 aliphatic carbocycles. The zero-order valence-electron chi connectivity index (χ0n) is 17.1. The van der Waals surface area contributed by atoms with E-state index in [4.69, 9.17) is 9.47 Å². The summed E-state index contributed by atoms with van der Waals surface area (Å²) in [6.07, 6.45) is 3.75. The van der Waals surface area contributed by atoms with E-state index in [-0.39, 0.29) is 5.91 Å². The second kappa shape index (κ2) is 12.4. The van der Waals surface area contributed by atoms with Crippen LogP contribution in [0.15, 0.2) is 79.0 Å². The predicted octanol–water partition coefficient (Wildman–Crippen LogP) is 4.32. The smallest absolute Gasteiger partial charge is 0.220 e. The molecule has 1 N–H and O–H groups in total. The number of carbonyl (C=O) groups is 1. The third-order valence-electron chi connectivity index (χ3n) is 4.59. The average Bonchev–Trinajstić information content (AvgIpc) is 2.80. The van der Waals surface area contributed by atoms with Crippen LogP contribution in [0.3, 0.4) is 0 Å². The Morgan fingerprint density at radius 3 is 2.37 bits per heavy atom. The highest BCUT2D eigenvalue weighted by atomic mass is 16.5. The summed E-state index contributed by atoms with van der Waals surface area (Å²) in [5.74, 6) is 0.572. The Bertz CT molecular complexity index is 885. The number of nitrogens with zero attached hydrogens (tertiary/aromatic N) is 1. The monoisotopic (exact) mass is 404 g/mol. The first-order valence-corrected chi connectivity index (χ1v) is 10.3. The van der Waals surface area contributed by atoms with Crippen LogP contribution in [0.25, 0.3) is 0 Å². The SMILES string of the molecule is O=C(CCCOCCc1ccccc1)NCc1ccnc(OCc2ccccc2)c1. The Kier molecular flexibility index (Phi) is 8.90. The first kappa shape index (κ1) is 21.5. The van der Waals surface area contributed by atoms with E-state index in [2.05, 4.69) is 22.4 Å². The predicted molar refractivity (Wildman–Crippen MR) is 117 cm³/mol. The molecule has 30 heavy (non-hydrogen) atoms. The number of aromatic nitrogens is 1. The minimum atomic E-state index is 0.0187. The highest BCUT2D eigenvalue weighted by Crippen LogP contribution is 2.12. The third-order valence-corrected chi connectivity index (χ3v) is 4.59. The maximum absolute atomic E-state index is 12.1. The molecular formula is C25H28N2O3. The Labute approximate surface area is 178 Å². The standard InChI is InChI=1S/C25H28N2O3/c28-24(12-7-16-29-17-14-21-8-3-1-4-9-21)27-19-23-13-15-26-25(18-23)30-20-22-10-5-2-6-11-22/h1-6,8-11,13,15,18H,7,12,14,16-17,19-20H2,(H,27,28). The van der Waals surface area contributed by atoms with E-state index in [9.17, 15) is 4.79 Å². The second-order valence-corrected chi connectivity index (χ2v) is 7.00. The van der Waals surface area contributed by atoms with Crippen molar-refractivity contribution in [3.05, 3.63) is 95.7 Å².